The third-order valence-corrected chi connectivity index (χ3v) is 5.36. The van der Waals surface area contributed by atoms with E-state index in [1.165, 1.54) is 19.3 Å². The lowest BCUT2D eigenvalue weighted by atomic mass is 9.83. The molecule has 0 aliphatic carbocycles. The molecule has 0 radical (unpaired) electrons. The molecular formula is C17H36N2O2. The molecule has 0 saturated carbocycles. The maximum Gasteiger partial charge on any atom is 0.0700 e. The molecule has 126 valence electrons. The highest BCUT2D eigenvalue weighted by Gasteiger charge is 2.41. The van der Waals surface area contributed by atoms with E-state index >= 15 is 0 Å². The van der Waals surface area contributed by atoms with Crippen LogP contribution in [0.25, 0.3) is 0 Å². The number of piperazine rings is 1. The van der Waals surface area contributed by atoms with Crippen molar-refractivity contribution in [3.63, 3.8) is 0 Å². The lowest BCUT2D eigenvalue weighted by Gasteiger charge is -2.53. The molecule has 1 atom stereocenters. The standard InChI is InChI=1S/C17H36N2O2/c1-6-16(4)14-18-17(7-2,8-3)15-19(16)10-9-11-21-13-12-20-5/h18H,6-15H2,1-5H3. The van der Waals surface area contributed by atoms with Crippen LogP contribution in [0, 0.1) is 0 Å². The molecule has 0 amide bonds. The van der Waals surface area contributed by atoms with Gasteiger partial charge in [-0.2, -0.15) is 0 Å². The van der Waals surface area contributed by atoms with Crippen molar-refractivity contribution < 1.29 is 9.47 Å². The van der Waals surface area contributed by atoms with Crippen LogP contribution in [0.3, 0.4) is 0 Å². The van der Waals surface area contributed by atoms with Gasteiger partial charge >= 0.3 is 0 Å². The zero-order valence-electron chi connectivity index (χ0n) is 14.8. The molecule has 1 saturated heterocycles. The molecule has 0 spiro atoms. The van der Waals surface area contributed by atoms with Gasteiger partial charge in [-0.3, -0.25) is 4.90 Å². The third-order valence-electron chi connectivity index (χ3n) is 5.36. The SMILES string of the molecule is CCC1(CC)CN(CCCOCCOC)C(C)(CC)CN1. The summed E-state index contributed by atoms with van der Waals surface area (Å²) >= 11 is 0. The zero-order chi connectivity index (χ0) is 15.8. The van der Waals surface area contributed by atoms with Gasteiger partial charge in [-0.05, 0) is 32.6 Å². The van der Waals surface area contributed by atoms with Gasteiger partial charge in [0.15, 0.2) is 0 Å². The van der Waals surface area contributed by atoms with Crippen molar-refractivity contribution in [2.75, 3.05) is 46.6 Å². The predicted octanol–water partition coefficient (Wildman–Crippen LogP) is 2.67. The Bertz CT molecular complexity index is 282. The van der Waals surface area contributed by atoms with Crippen LogP contribution in [-0.2, 0) is 9.47 Å². The molecule has 4 heteroatoms. The lowest BCUT2D eigenvalue weighted by molar-refractivity contribution is -0.000315. The number of hydrogen-bond donors (Lipinski definition) is 1. The van der Waals surface area contributed by atoms with Gasteiger partial charge in [0.25, 0.3) is 0 Å². The first-order valence-corrected chi connectivity index (χ1v) is 8.62. The minimum Gasteiger partial charge on any atom is -0.382 e. The second kappa shape index (κ2) is 9.09. The van der Waals surface area contributed by atoms with Crippen LogP contribution >= 0.6 is 0 Å². The van der Waals surface area contributed by atoms with Crippen LogP contribution < -0.4 is 5.32 Å². The van der Waals surface area contributed by atoms with Crippen molar-refractivity contribution in [3.8, 4) is 0 Å². The Morgan fingerprint density at radius 1 is 1.05 bits per heavy atom. The Labute approximate surface area is 131 Å². The second-order valence-corrected chi connectivity index (χ2v) is 6.57. The van der Waals surface area contributed by atoms with E-state index in [1.807, 2.05) is 0 Å². The fourth-order valence-corrected chi connectivity index (χ4v) is 3.12. The Morgan fingerprint density at radius 2 is 1.76 bits per heavy atom. The second-order valence-electron chi connectivity index (χ2n) is 6.57. The van der Waals surface area contributed by atoms with E-state index in [0.29, 0.717) is 18.8 Å². The molecule has 0 bridgehead atoms. The molecule has 0 aromatic carbocycles. The molecular weight excluding hydrogens is 264 g/mol. The van der Waals surface area contributed by atoms with E-state index < -0.39 is 0 Å². The quantitative estimate of drug-likeness (QED) is 0.629. The van der Waals surface area contributed by atoms with Crippen molar-refractivity contribution in [2.45, 2.75) is 64.5 Å². The predicted molar refractivity (Wildman–Crippen MR) is 88.9 cm³/mol. The maximum atomic E-state index is 5.60. The fraction of sp³-hybridized carbons (Fsp3) is 1.00. The molecule has 0 aromatic heterocycles. The van der Waals surface area contributed by atoms with E-state index in [2.05, 4.69) is 37.9 Å². The van der Waals surface area contributed by atoms with Crippen molar-refractivity contribution in [1.29, 1.82) is 0 Å². The highest BCUT2D eigenvalue weighted by atomic mass is 16.5. The van der Waals surface area contributed by atoms with Gasteiger partial charge < -0.3 is 14.8 Å². The molecule has 0 aromatic rings. The van der Waals surface area contributed by atoms with E-state index in [9.17, 15) is 0 Å². The molecule has 1 heterocycles. The summed E-state index contributed by atoms with van der Waals surface area (Å²) in [5.74, 6) is 0. The zero-order valence-corrected chi connectivity index (χ0v) is 14.8. The maximum absolute atomic E-state index is 5.60. The number of hydrogen-bond acceptors (Lipinski definition) is 4. The molecule has 21 heavy (non-hydrogen) atoms. The summed E-state index contributed by atoms with van der Waals surface area (Å²) in [5.41, 5.74) is 0.575. The molecule has 1 N–H and O–H groups in total. The minimum atomic E-state index is 0.278. The van der Waals surface area contributed by atoms with E-state index in [4.69, 9.17) is 9.47 Å². The molecule has 1 unspecified atom stereocenters. The molecule has 4 nitrogen and oxygen atoms in total. The summed E-state index contributed by atoms with van der Waals surface area (Å²) in [6.07, 6.45) is 4.69. The molecule has 1 aliphatic heterocycles. The van der Waals surface area contributed by atoms with Crippen molar-refractivity contribution in [3.05, 3.63) is 0 Å². The van der Waals surface area contributed by atoms with Gasteiger partial charge in [0, 0.05) is 44.4 Å². The van der Waals surface area contributed by atoms with E-state index in [-0.39, 0.29) is 5.54 Å². The topological polar surface area (TPSA) is 33.7 Å². The van der Waals surface area contributed by atoms with Gasteiger partial charge in [0.1, 0.15) is 0 Å². The Balaban J connectivity index is 2.48. The van der Waals surface area contributed by atoms with E-state index in [0.717, 1.165) is 32.7 Å². The van der Waals surface area contributed by atoms with Crippen LogP contribution in [0.5, 0.6) is 0 Å². The monoisotopic (exact) mass is 300 g/mol. The number of ether oxygens (including phenoxy) is 2. The molecule has 1 rings (SSSR count). The molecule has 1 fully saturated rings. The van der Waals surface area contributed by atoms with Crippen LogP contribution in [0.1, 0.15) is 53.4 Å². The smallest absolute Gasteiger partial charge is 0.0700 e. The largest absolute Gasteiger partial charge is 0.382 e. The van der Waals surface area contributed by atoms with Gasteiger partial charge in [-0.25, -0.2) is 0 Å². The van der Waals surface area contributed by atoms with Crippen LogP contribution in [0.4, 0.5) is 0 Å². The first kappa shape index (κ1) is 18.9. The van der Waals surface area contributed by atoms with Gasteiger partial charge in [-0.15, -0.1) is 0 Å². The first-order valence-electron chi connectivity index (χ1n) is 8.62. The Hall–Kier alpha value is -0.160. The van der Waals surface area contributed by atoms with Crippen molar-refractivity contribution >= 4 is 0 Å². The summed E-state index contributed by atoms with van der Waals surface area (Å²) in [7, 11) is 1.71. The minimum absolute atomic E-state index is 0.278. The normalized spacial score (nSPS) is 26.1. The van der Waals surface area contributed by atoms with Crippen LogP contribution in [-0.4, -0.2) is 62.5 Å². The number of nitrogens with zero attached hydrogens (tertiary/aromatic N) is 1. The van der Waals surface area contributed by atoms with Gasteiger partial charge in [-0.1, -0.05) is 20.8 Å². The van der Waals surface area contributed by atoms with Crippen molar-refractivity contribution in [1.82, 2.24) is 10.2 Å². The third kappa shape index (κ3) is 5.20. The van der Waals surface area contributed by atoms with Crippen LogP contribution in [0.15, 0.2) is 0 Å². The van der Waals surface area contributed by atoms with Gasteiger partial charge in [0.2, 0.25) is 0 Å². The fourth-order valence-electron chi connectivity index (χ4n) is 3.12. The Morgan fingerprint density at radius 3 is 2.33 bits per heavy atom. The highest BCUT2D eigenvalue weighted by molar-refractivity contribution is 5.02. The van der Waals surface area contributed by atoms with E-state index in [1.54, 1.807) is 7.11 Å². The summed E-state index contributed by atoms with van der Waals surface area (Å²) in [5, 5.41) is 3.83. The summed E-state index contributed by atoms with van der Waals surface area (Å²) in [6.45, 7) is 14.9. The highest BCUT2D eigenvalue weighted by Crippen LogP contribution is 2.30. The summed E-state index contributed by atoms with van der Waals surface area (Å²) < 4.78 is 10.6. The average molecular weight is 300 g/mol. The number of rotatable bonds is 10. The number of methoxy groups -OCH3 is 1. The van der Waals surface area contributed by atoms with Crippen LogP contribution in [0.2, 0.25) is 0 Å². The number of nitrogens with one attached hydrogen (secondary N) is 1. The molecule has 1 aliphatic rings. The van der Waals surface area contributed by atoms with Crippen molar-refractivity contribution in [2.24, 2.45) is 0 Å². The lowest BCUT2D eigenvalue weighted by Crippen LogP contribution is -2.68. The Kier molecular flexibility index (Phi) is 8.17. The summed E-state index contributed by atoms with van der Waals surface area (Å²) in [4.78, 5) is 2.69. The summed E-state index contributed by atoms with van der Waals surface area (Å²) in [6, 6.07) is 0. The first-order chi connectivity index (χ1) is 10.1. The average Bonchev–Trinajstić information content (AvgIpc) is 2.52. The van der Waals surface area contributed by atoms with Gasteiger partial charge in [0.05, 0.1) is 13.2 Å².